The van der Waals surface area contributed by atoms with Gasteiger partial charge in [0, 0.05) is 35.4 Å². The van der Waals surface area contributed by atoms with E-state index >= 15 is 0 Å². The van der Waals surface area contributed by atoms with Crippen molar-refractivity contribution in [3.63, 3.8) is 0 Å². The summed E-state index contributed by atoms with van der Waals surface area (Å²) in [6, 6.07) is 9.40. The summed E-state index contributed by atoms with van der Waals surface area (Å²) in [7, 11) is 0. The fraction of sp³-hybridized carbons (Fsp3) is 0.500. The molecule has 1 aromatic carbocycles. The highest BCUT2D eigenvalue weighted by molar-refractivity contribution is 7.80. The van der Waals surface area contributed by atoms with E-state index in [1.54, 1.807) is 0 Å². The van der Waals surface area contributed by atoms with Crippen molar-refractivity contribution >= 4 is 34.6 Å². The molecule has 2 saturated heterocycles. The van der Waals surface area contributed by atoms with Crippen LogP contribution in [0.3, 0.4) is 0 Å². The van der Waals surface area contributed by atoms with E-state index < -0.39 is 0 Å². The van der Waals surface area contributed by atoms with Crippen molar-refractivity contribution in [2.24, 2.45) is 0 Å². The van der Waals surface area contributed by atoms with Gasteiger partial charge in [0.25, 0.3) is 0 Å². The van der Waals surface area contributed by atoms with Crippen molar-refractivity contribution in [3.05, 3.63) is 41.9 Å². The largest absolute Gasteiger partial charge is 0.360 e. The van der Waals surface area contributed by atoms with Crippen LogP contribution in [0.1, 0.15) is 32.1 Å². The maximum absolute atomic E-state index is 5.91. The van der Waals surface area contributed by atoms with Gasteiger partial charge >= 0.3 is 0 Å². The minimum Gasteiger partial charge on any atom is -0.360 e. The molecule has 2 bridgehead atoms. The van der Waals surface area contributed by atoms with Gasteiger partial charge < -0.3 is 10.6 Å². The molecule has 0 aliphatic carbocycles. The Hall–Kier alpha value is -1.10. The van der Waals surface area contributed by atoms with E-state index in [0.717, 1.165) is 30.1 Å². The Kier molecular flexibility index (Phi) is 5.57. The van der Waals surface area contributed by atoms with E-state index in [-0.39, 0.29) is 0 Å². The maximum atomic E-state index is 5.91. The first kappa shape index (κ1) is 16.7. The van der Waals surface area contributed by atoms with Crippen LogP contribution in [0.4, 0.5) is 5.69 Å². The standard InChI is InChI=1S/C18H24ClN3S/c1-2-10-22-16-4-3-5-17(22)12-15(11-16)21-18(23)20-14-8-6-13(19)7-9-14/h2,6-9,15-17H,1,3-5,10-12H2,(H2,20,21,23)/t16-,17-/m0/s1. The molecule has 2 aliphatic heterocycles. The van der Waals surface area contributed by atoms with Crippen LogP contribution < -0.4 is 10.6 Å². The van der Waals surface area contributed by atoms with E-state index in [9.17, 15) is 0 Å². The number of hydrogen-bond acceptors (Lipinski definition) is 2. The molecule has 5 heteroatoms. The Balaban J connectivity index is 1.55. The summed E-state index contributed by atoms with van der Waals surface area (Å²) in [6.45, 7) is 4.91. The SMILES string of the molecule is C=CCN1[C@H]2CCC[C@H]1CC(NC(=S)Nc1ccc(Cl)cc1)C2. The minimum atomic E-state index is 0.457. The quantitative estimate of drug-likeness (QED) is 0.629. The van der Waals surface area contributed by atoms with Crippen LogP contribution >= 0.6 is 23.8 Å². The summed E-state index contributed by atoms with van der Waals surface area (Å²) in [4.78, 5) is 2.63. The number of anilines is 1. The van der Waals surface area contributed by atoms with Crippen molar-refractivity contribution in [1.29, 1.82) is 0 Å². The third-order valence-corrected chi connectivity index (χ3v) is 5.38. The molecule has 3 nitrogen and oxygen atoms in total. The van der Waals surface area contributed by atoms with Crippen molar-refractivity contribution < 1.29 is 0 Å². The molecule has 2 aliphatic rings. The first-order valence-electron chi connectivity index (χ1n) is 8.35. The highest BCUT2D eigenvalue weighted by Crippen LogP contribution is 2.33. The Morgan fingerprint density at radius 2 is 1.91 bits per heavy atom. The van der Waals surface area contributed by atoms with Crippen LogP contribution in [0.2, 0.25) is 5.02 Å². The number of nitrogens with one attached hydrogen (secondary N) is 2. The molecule has 3 rings (SSSR count). The summed E-state index contributed by atoms with van der Waals surface area (Å²) in [6.07, 6.45) is 8.29. The number of benzene rings is 1. The molecule has 2 N–H and O–H groups in total. The second-order valence-electron chi connectivity index (χ2n) is 6.50. The smallest absolute Gasteiger partial charge is 0.170 e. The number of piperidine rings is 2. The van der Waals surface area contributed by atoms with Gasteiger partial charge in [-0.3, -0.25) is 4.90 Å². The van der Waals surface area contributed by atoms with Crippen LogP contribution in [0.15, 0.2) is 36.9 Å². The third kappa shape index (κ3) is 4.25. The average Bonchev–Trinajstić information content (AvgIpc) is 2.50. The van der Waals surface area contributed by atoms with E-state index in [4.69, 9.17) is 23.8 Å². The molecule has 1 aromatic rings. The van der Waals surface area contributed by atoms with Crippen molar-refractivity contribution in [1.82, 2.24) is 10.2 Å². The van der Waals surface area contributed by atoms with Crippen LogP contribution in [-0.2, 0) is 0 Å². The van der Waals surface area contributed by atoms with Gasteiger partial charge in [0.05, 0.1) is 0 Å². The zero-order chi connectivity index (χ0) is 16.2. The second kappa shape index (κ2) is 7.65. The Labute approximate surface area is 149 Å². The van der Waals surface area contributed by atoms with Crippen molar-refractivity contribution in [2.45, 2.75) is 50.2 Å². The molecule has 0 saturated carbocycles. The van der Waals surface area contributed by atoms with Gasteiger partial charge in [-0.05, 0) is 62.2 Å². The van der Waals surface area contributed by atoms with E-state index in [0.29, 0.717) is 23.2 Å². The number of hydrogen-bond donors (Lipinski definition) is 2. The van der Waals surface area contributed by atoms with Gasteiger partial charge in [0.2, 0.25) is 0 Å². The monoisotopic (exact) mass is 349 g/mol. The first-order chi connectivity index (χ1) is 11.2. The molecule has 124 valence electrons. The van der Waals surface area contributed by atoms with Crippen molar-refractivity contribution in [2.75, 3.05) is 11.9 Å². The van der Waals surface area contributed by atoms with Crippen molar-refractivity contribution in [3.8, 4) is 0 Å². The lowest BCUT2D eigenvalue weighted by Crippen LogP contribution is -2.57. The van der Waals surface area contributed by atoms with Gasteiger partial charge in [-0.25, -0.2) is 0 Å². The summed E-state index contributed by atoms with van der Waals surface area (Å²) in [5.41, 5.74) is 0.969. The van der Waals surface area contributed by atoms with Gasteiger partial charge in [-0.2, -0.15) is 0 Å². The number of thiocarbonyl (C=S) groups is 1. The molecule has 0 spiro atoms. The zero-order valence-electron chi connectivity index (χ0n) is 13.3. The molecule has 0 amide bonds. The number of rotatable bonds is 4. The highest BCUT2D eigenvalue weighted by Gasteiger charge is 2.37. The maximum Gasteiger partial charge on any atom is 0.170 e. The molecule has 0 aromatic heterocycles. The van der Waals surface area contributed by atoms with Gasteiger partial charge in [0.15, 0.2) is 5.11 Å². The molecule has 23 heavy (non-hydrogen) atoms. The summed E-state index contributed by atoms with van der Waals surface area (Å²) in [5.74, 6) is 0. The Morgan fingerprint density at radius 3 is 2.52 bits per heavy atom. The molecule has 2 heterocycles. The van der Waals surface area contributed by atoms with Gasteiger partial charge in [-0.15, -0.1) is 6.58 Å². The number of halogens is 1. The van der Waals surface area contributed by atoms with Gasteiger partial charge in [0.1, 0.15) is 0 Å². The third-order valence-electron chi connectivity index (χ3n) is 4.90. The lowest BCUT2D eigenvalue weighted by molar-refractivity contribution is 0.0389. The summed E-state index contributed by atoms with van der Waals surface area (Å²) >= 11 is 11.4. The normalized spacial score (nSPS) is 27.3. The zero-order valence-corrected chi connectivity index (χ0v) is 14.9. The predicted molar refractivity (Wildman–Crippen MR) is 102 cm³/mol. The number of fused-ring (bicyclic) bond motifs is 2. The van der Waals surface area contributed by atoms with Crippen LogP contribution in [0.25, 0.3) is 0 Å². The van der Waals surface area contributed by atoms with Crippen LogP contribution in [-0.4, -0.2) is 34.7 Å². The Morgan fingerprint density at radius 1 is 1.26 bits per heavy atom. The molecule has 2 fully saturated rings. The van der Waals surface area contributed by atoms with E-state index in [1.807, 2.05) is 30.3 Å². The topological polar surface area (TPSA) is 27.3 Å². The lowest BCUT2D eigenvalue weighted by atomic mass is 9.82. The van der Waals surface area contributed by atoms with E-state index in [1.165, 1.54) is 19.3 Å². The molecule has 0 radical (unpaired) electrons. The highest BCUT2D eigenvalue weighted by atomic mass is 35.5. The Bertz CT molecular complexity index is 546. The summed E-state index contributed by atoms with van der Waals surface area (Å²) in [5, 5.41) is 8.19. The fourth-order valence-corrected chi connectivity index (χ4v) is 4.34. The molecular formula is C18H24ClN3S. The molecular weight excluding hydrogens is 326 g/mol. The lowest BCUT2D eigenvalue weighted by Gasteiger charge is -2.48. The van der Waals surface area contributed by atoms with E-state index in [2.05, 4.69) is 22.1 Å². The predicted octanol–water partition coefficient (Wildman–Crippen LogP) is 4.20. The molecule has 0 unspecified atom stereocenters. The van der Waals surface area contributed by atoms with Gasteiger partial charge in [-0.1, -0.05) is 24.1 Å². The second-order valence-corrected chi connectivity index (χ2v) is 7.34. The summed E-state index contributed by atoms with van der Waals surface area (Å²) < 4.78 is 0. The molecule has 2 atom stereocenters. The van der Waals surface area contributed by atoms with Crippen LogP contribution in [0.5, 0.6) is 0 Å². The number of nitrogens with zero attached hydrogens (tertiary/aromatic N) is 1. The minimum absolute atomic E-state index is 0.457. The fourth-order valence-electron chi connectivity index (χ4n) is 3.93. The average molecular weight is 350 g/mol. The first-order valence-corrected chi connectivity index (χ1v) is 9.14. The van der Waals surface area contributed by atoms with Crippen LogP contribution in [0, 0.1) is 0 Å².